The van der Waals surface area contributed by atoms with Gasteiger partial charge < -0.3 is 4.74 Å². The van der Waals surface area contributed by atoms with Crippen molar-refractivity contribution in [3.8, 4) is 5.75 Å². The molecule has 0 saturated carbocycles. The van der Waals surface area contributed by atoms with Gasteiger partial charge >= 0.3 is 0 Å². The predicted octanol–water partition coefficient (Wildman–Crippen LogP) is 1.96. The van der Waals surface area contributed by atoms with E-state index in [4.69, 9.17) is 4.74 Å². The van der Waals surface area contributed by atoms with Crippen molar-refractivity contribution in [3.05, 3.63) is 30.1 Å². The summed E-state index contributed by atoms with van der Waals surface area (Å²) in [5.74, 6) is -0.0516. The molecule has 0 radical (unpaired) electrons. The lowest BCUT2D eigenvalue weighted by atomic mass is 10.3. The minimum absolute atomic E-state index is 0.116. The summed E-state index contributed by atoms with van der Waals surface area (Å²) in [6.45, 7) is 5.32. The number of ether oxygens (including phenoxy) is 1. The molecule has 114 valence electrons. The van der Waals surface area contributed by atoms with E-state index in [1.54, 1.807) is 18.2 Å². The lowest BCUT2D eigenvalue weighted by Gasteiger charge is -2.26. The summed E-state index contributed by atoms with van der Waals surface area (Å²) in [4.78, 5) is 2.00. The fraction of sp³-hybridized carbons (Fsp3) is 0.571. The number of hydrogen-bond donors (Lipinski definition) is 0. The van der Waals surface area contributed by atoms with E-state index in [9.17, 15) is 12.8 Å². The first kappa shape index (κ1) is 16.9. The van der Waals surface area contributed by atoms with Gasteiger partial charge in [0, 0.05) is 25.4 Å². The van der Waals surface area contributed by atoms with Crippen LogP contribution in [-0.4, -0.2) is 51.1 Å². The Hall–Kier alpha value is -1.14. The van der Waals surface area contributed by atoms with E-state index in [-0.39, 0.29) is 23.4 Å². The van der Waals surface area contributed by atoms with Gasteiger partial charge in [0.05, 0.1) is 5.75 Å². The Morgan fingerprint density at radius 2 is 1.90 bits per heavy atom. The Bertz CT molecular complexity index is 517. The maximum absolute atomic E-state index is 13.4. The van der Waals surface area contributed by atoms with Gasteiger partial charge in [0.25, 0.3) is 0 Å². The summed E-state index contributed by atoms with van der Waals surface area (Å²) >= 11 is 0. The quantitative estimate of drug-likeness (QED) is 0.736. The maximum atomic E-state index is 13.4. The number of para-hydroxylation sites is 1. The maximum Gasteiger partial charge on any atom is 0.165 e. The van der Waals surface area contributed by atoms with Gasteiger partial charge in [-0.1, -0.05) is 12.1 Å². The first-order valence-corrected chi connectivity index (χ1v) is 8.65. The minimum Gasteiger partial charge on any atom is -0.489 e. The van der Waals surface area contributed by atoms with Crippen molar-refractivity contribution in [2.75, 3.05) is 31.7 Å². The topological polar surface area (TPSA) is 46.6 Å². The van der Waals surface area contributed by atoms with E-state index >= 15 is 0 Å². The summed E-state index contributed by atoms with van der Waals surface area (Å²) in [7, 11) is -2.98. The lowest BCUT2D eigenvalue weighted by molar-refractivity contribution is 0.181. The van der Waals surface area contributed by atoms with Crippen LogP contribution in [0, 0.1) is 5.82 Å². The smallest absolute Gasteiger partial charge is 0.165 e. The SMILES string of the molecule is CC(C)N(CCOc1ccccc1F)CCS(C)(=O)=O. The van der Waals surface area contributed by atoms with Gasteiger partial charge in [-0.15, -0.1) is 0 Å². The number of nitrogens with zero attached hydrogens (tertiary/aromatic N) is 1. The minimum atomic E-state index is -2.98. The molecular weight excluding hydrogens is 281 g/mol. The van der Waals surface area contributed by atoms with Crippen LogP contribution in [0.2, 0.25) is 0 Å². The van der Waals surface area contributed by atoms with Crippen molar-refractivity contribution in [3.63, 3.8) is 0 Å². The molecule has 0 bridgehead atoms. The van der Waals surface area contributed by atoms with Gasteiger partial charge in [-0.2, -0.15) is 0 Å². The molecule has 0 amide bonds. The lowest BCUT2D eigenvalue weighted by Crippen LogP contribution is -2.38. The fourth-order valence-corrected chi connectivity index (χ4v) is 2.31. The van der Waals surface area contributed by atoms with E-state index in [2.05, 4.69) is 0 Å². The van der Waals surface area contributed by atoms with Gasteiger partial charge in [0.2, 0.25) is 0 Å². The van der Waals surface area contributed by atoms with Gasteiger partial charge in [-0.25, -0.2) is 12.8 Å². The van der Waals surface area contributed by atoms with Crippen molar-refractivity contribution in [2.24, 2.45) is 0 Å². The van der Waals surface area contributed by atoms with Crippen molar-refractivity contribution < 1.29 is 17.5 Å². The monoisotopic (exact) mass is 303 g/mol. The zero-order valence-electron chi connectivity index (χ0n) is 12.2. The molecular formula is C14H22FNO3S. The third-order valence-corrected chi connectivity index (χ3v) is 3.88. The van der Waals surface area contributed by atoms with Crippen LogP contribution in [0.4, 0.5) is 4.39 Å². The Morgan fingerprint density at radius 1 is 1.25 bits per heavy atom. The van der Waals surface area contributed by atoms with Crippen LogP contribution in [0.3, 0.4) is 0 Å². The molecule has 0 unspecified atom stereocenters. The Morgan fingerprint density at radius 3 is 2.45 bits per heavy atom. The summed E-state index contributed by atoms with van der Waals surface area (Å²) in [5, 5.41) is 0. The van der Waals surface area contributed by atoms with E-state index in [0.29, 0.717) is 19.7 Å². The zero-order chi connectivity index (χ0) is 15.2. The number of rotatable bonds is 8. The first-order chi connectivity index (χ1) is 9.29. The number of benzene rings is 1. The van der Waals surface area contributed by atoms with E-state index in [1.807, 2.05) is 18.7 Å². The molecule has 0 N–H and O–H groups in total. The molecule has 1 aromatic rings. The van der Waals surface area contributed by atoms with Crippen LogP contribution >= 0.6 is 0 Å². The average Bonchev–Trinajstić information content (AvgIpc) is 2.34. The Kier molecular flexibility index (Phi) is 6.42. The zero-order valence-corrected chi connectivity index (χ0v) is 13.0. The largest absolute Gasteiger partial charge is 0.489 e. The van der Waals surface area contributed by atoms with Gasteiger partial charge in [-0.3, -0.25) is 4.90 Å². The summed E-state index contributed by atoms with van der Waals surface area (Å²) in [6, 6.07) is 6.45. The van der Waals surface area contributed by atoms with Crippen LogP contribution in [0.5, 0.6) is 5.75 Å². The van der Waals surface area contributed by atoms with Crippen molar-refractivity contribution in [1.82, 2.24) is 4.90 Å². The number of sulfone groups is 1. The van der Waals surface area contributed by atoms with Crippen molar-refractivity contribution in [1.29, 1.82) is 0 Å². The Labute approximate surface area is 120 Å². The molecule has 1 rings (SSSR count). The van der Waals surface area contributed by atoms with Crippen molar-refractivity contribution >= 4 is 9.84 Å². The third kappa shape index (κ3) is 6.34. The van der Waals surface area contributed by atoms with Gasteiger partial charge in [-0.05, 0) is 26.0 Å². The summed E-state index contributed by atoms with van der Waals surface area (Å²) < 4.78 is 41.1. The van der Waals surface area contributed by atoms with Gasteiger partial charge in [0.1, 0.15) is 16.4 Å². The highest BCUT2D eigenvalue weighted by atomic mass is 32.2. The van der Waals surface area contributed by atoms with Crippen LogP contribution in [0.15, 0.2) is 24.3 Å². The molecule has 0 aliphatic heterocycles. The standard InChI is InChI=1S/C14H22FNO3S/c1-12(2)16(9-11-20(3,17)18)8-10-19-14-7-5-4-6-13(14)15/h4-7,12H,8-11H2,1-3H3. The molecule has 0 saturated heterocycles. The highest BCUT2D eigenvalue weighted by molar-refractivity contribution is 7.90. The molecule has 0 aliphatic rings. The van der Waals surface area contributed by atoms with Crippen LogP contribution < -0.4 is 4.74 Å². The average molecular weight is 303 g/mol. The molecule has 6 heteroatoms. The molecule has 0 heterocycles. The number of halogens is 1. The molecule has 1 aromatic carbocycles. The Balaban J connectivity index is 2.45. The normalized spacial score (nSPS) is 12.1. The summed E-state index contributed by atoms with van der Waals surface area (Å²) in [5.41, 5.74) is 0. The molecule has 0 atom stereocenters. The molecule has 0 aliphatic carbocycles. The van der Waals surface area contributed by atoms with E-state index < -0.39 is 9.84 Å². The molecule has 4 nitrogen and oxygen atoms in total. The fourth-order valence-electron chi connectivity index (χ4n) is 1.75. The van der Waals surface area contributed by atoms with E-state index in [1.165, 1.54) is 12.3 Å². The highest BCUT2D eigenvalue weighted by Crippen LogP contribution is 2.15. The predicted molar refractivity (Wildman–Crippen MR) is 78.3 cm³/mol. The van der Waals surface area contributed by atoms with Gasteiger partial charge in [0.15, 0.2) is 11.6 Å². The second-order valence-electron chi connectivity index (χ2n) is 5.04. The third-order valence-electron chi connectivity index (χ3n) is 2.95. The first-order valence-electron chi connectivity index (χ1n) is 6.58. The second kappa shape index (κ2) is 7.59. The van der Waals surface area contributed by atoms with Crippen LogP contribution in [0.25, 0.3) is 0 Å². The van der Waals surface area contributed by atoms with Crippen LogP contribution in [0.1, 0.15) is 13.8 Å². The van der Waals surface area contributed by atoms with Crippen molar-refractivity contribution in [2.45, 2.75) is 19.9 Å². The molecule has 0 aromatic heterocycles. The summed E-state index contributed by atoms with van der Waals surface area (Å²) in [6.07, 6.45) is 1.22. The highest BCUT2D eigenvalue weighted by Gasteiger charge is 2.13. The molecule has 0 spiro atoms. The van der Waals surface area contributed by atoms with E-state index in [0.717, 1.165) is 0 Å². The van der Waals surface area contributed by atoms with Crippen LogP contribution in [-0.2, 0) is 9.84 Å². The number of hydrogen-bond acceptors (Lipinski definition) is 4. The molecule has 20 heavy (non-hydrogen) atoms. The molecule has 0 fully saturated rings. The second-order valence-corrected chi connectivity index (χ2v) is 7.30.